The summed E-state index contributed by atoms with van der Waals surface area (Å²) in [6.07, 6.45) is 10.3. The second-order valence-corrected chi connectivity index (χ2v) is 8.17. The largest absolute Gasteiger partial charge is 0.491 e. The normalized spacial score (nSPS) is 23.6. The summed E-state index contributed by atoms with van der Waals surface area (Å²) in [6.45, 7) is 6.15. The fourth-order valence-electron chi connectivity index (χ4n) is 4.37. The molecular weight excluding hydrogens is 352 g/mol. The number of para-hydroxylation sites is 2. The first-order valence-corrected chi connectivity index (χ1v) is 11.2. The molecule has 1 N–H and O–H groups in total. The lowest BCUT2D eigenvalue weighted by molar-refractivity contribution is 0.0471. The number of rotatable bonds is 7. The fraction of sp³-hybridized carbons (Fsp3) is 0.696. The molecule has 1 aliphatic heterocycles. The van der Waals surface area contributed by atoms with Crippen molar-refractivity contribution in [1.29, 1.82) is 0 Å². The van der Waals surface area contributed by atoms with Crippen LogP contribution in [0, 0.1) is 5.92 Å². The van der Waals surface area contributed by atoms with Gasteiger partial charge in [-0.2, -0.15) is 0 Å². The predicted octanol–water partition coefficient (Wildman–Crippen LogP) is 5.46. The van der Waals surface area contributed by atoms with Crippen molar-refractivity contribution in [2.75, 3.05) is 31.6 Å². The lowest BCUT2D eigenvalue weighted by Gasteiger charge is -2.33. The highest BCUT2D eigenvalue weighted by atomic mass is 16.6. The molecule has 5 heteroatoms. The lowest BCUT2D eigenvalue weighted by atomic mass is 9.95. The van der Waals surface area contributed by atoms with Crippen LogP contribution in [0.4, 0.5) is 10.5 Å². The molecule has 1 heterocycles. The maximum absolute atomic E-state index is 12.7. The smallest absolute Gasteiger partial charge is 0.412 e. The Labute approximate surface area is 169 Å². The van der Waals surface area contributed by atoms with E-state index in [9.17, 15) is 4.79 Å². The molecule has 1 aliphatic carbocycles. The second kappa shape index (κ2) is 11.3. The molecule has 28 heavy (non-hydrogen) atoms. The van der Waals surface area contributed by atoms with E-state index in [2.05, 4.69) is 17.1 Å². The monoisotopic (exact) mass is 388 g/mol. The number of hydrogen-bond donors (Lipinski definition) is 1. The van der Waals surface area contributed by atoms with Gasteiger partial charge in [-0.15, -0.1) is 0 Å². The average molecular weight is 389 g/mol. The molecule has 5 nitrogen and oxygen atoms in total. The van der Waals surface area contributed by atoms with E-state index in [4.69, 9.17) is 9.47 Å². The molecule has 2 atom stereocenters. The Morgan fingerprint density at radius 1 is 1.07 bits per heavy atom. The summed E-state index contributed by atoms with van der Waals surface area (Å²) in [5.41, 5.74) is 0.683. The van der Waals surface area contributed by atoms with Crippen LogP contribution in [0.3, 0.4) is 0 Å². The topological polar surface area (TPSA) is 50.8 Å². The van der Waals surface area contributed by atoms with E-state index < -0.39 is 0 Å². The van der Waals surface area contributed by atoms with Crippen LogP contribution in [-0.2, 0) is 4.74 Å². The Kier molecular flexibility index (Phi) is 8.46. The summed E-state index contributed by atoms with van der Waals surface area (Å²) in [6, 6.07) is 7.57. The van der Waals surface area contributed by atoms with Crippen LogP contribution in [0.5, 0.6) is 5.75 Å². The van der Waals surface area contributed by atoms with E-state index in [0.717, 1.165) is 32.2 Å². The second-order valence-electron chi connectivity index (χ2n) is 8.17. The number of hydrogen-bond acceptors (Lipinski definition) is 4. The molecule has 156 valence electrons. The number of nitrogens with zero attached hydrogens (tertiary/aromatic N) is 1. The number of amides is 1. The molecule has 2 aliphatic rings. The highest BCUT2D eigenvalue weighted by molar-refractivity contribution is 5.86. The van der Waals surface area contributed by atoms with Crippen molar-refractivity contribution in [1.82, 2.24) is 4.90 Å². The van der Waals surface area contributed by atoms with Crippen molar-refractivity contribution in [3.8, 4) is 5.75 Å². The van der Waals surface area contributed by atoms with Gasteiger partial charge in [0.1, 0.15) is 11.9 Å². The molecule has 2 unspecified atom stereocenters. The molecule has 0 radical (unpaired) electrons. The Morgan fingerprint density at radius 2 is 1.82 bits per heavy atom. The van der Waals surface area contributed by atoms with Gasteiger partial charge in [0, 0.05) is 12.5 Å². The summed E-state index contributed by atoms with van der Waals surface area (Å²) in [4.78, 5) is 15.2. The zero-order chi connectivity index (χ0) is 19.6. The third-order valence-corrected chi connectivity index (χ3v) is 5.87. The molecule has 0 bridgehead atoms. The van der Waals surface area contributed by atoms with Crippen LogP contribution in [0.1, 0.15) is 64.7 Å². The standard InChI is InChI=1S/C23H36N2O3/c1-2-17-27-22-14-8-7-12-20(22)24-23(26)28-21-13-6-3-5-11-19(21)18-25-15-9-4-10-16-25/h7-8,12,14,19,21H,2-6,9-11,13,15-18H2,1H3,(H,24,26). The molecule has 3 rings (SSSR count). The molecular formula is C23H36N2O3. The van der Waals surface area contributed by atoms with Gasteiger partial charge < -0.3 is 14.4 Å². The van der Waals surface area contributed by atoms with Crippen LogP contribution in [0.25, 0.3) is 0 Å². The summed E-state index contributed by atoms with van der Waals surface area (Å²) in [7, 11) is 0. The third kappa shape index (κ3) is 6.40. The summed E-state index contributed by atoms with van der Waals surface area (Å²) < 4.78 is 11.7. The summed E-state index contributed by atoms with van der Waals surface area (Å²) >= 11 is 0. The number of benzene rings is 1. The highest BCUT2D eigenvalue weighted by Crippen LogP contribution is 2.29. The average Bonchev–Trinajstić information content (AvgIpc) is 2.93. The lowest BCUT2D eigenvalue weighted by Crippen LogP contribution is -2.39. The first-order chi connectivity index (χ1) is 13.8. The van der Waals surface area contributed by atoms with Crippen LogP contribution in [0.15, 0.2) is 24.3 Å². The minimum atomic E-state index is -0.358. The van der Waals surface area contributed by atoms with Gasteiger partial charge in [-0.25, -0.2) is 4.79 Å². The number of nitrogens with one attached hydrogen (secondary N) is 1. The molecule has 2 fully saturated rings. The van der Waals surface area contributed by atoms with Crippen LogP contribution in [0.2, 0.25) is 0 Å². The van der Waals surface area contributed by atoms with Gasteiger partial charge >= 0.3 is 6.09 Å². The third-order valence-electron chi connectivity index (χ3n) is 5.87. The van der Waals surface area contributed by atoms with Gasteiger partial charge in [0.05, 0.1) is 12.3 Å². The van der Waals surface area contributed by atoms with Crippen molar-refractivity contribution in [3.05, 3.63) is 24.3 Å². The molecule has 1 saturated heterocycles. The van der Waals surface area contributed by atoms with Gasteiger partial charge in [0.25, 0.3) is 0 Å². The van der Waals surface area contributed by atoms with Gasteiger partial charge in [-0.05, 0) is 63.7 Å². The Hall–Kier alpha value is -1.75. The zero-order valence-corrected chi connectivity index (χ0v) is 17.3. The van der Waals surface area contributed by atoms with E-state index in [0.29, 0.717) is 24.0 Å². The number of carbonyl (C=O) groups is 1. The van der Waals surface area contributed by atoms with E-state index >= 15 is 0 Å². The Balaban J connectivity index is 1.58. The Bertz CT molecular complexity index is 601. The van der Waals surface area contributed by atoms with Crippen LogP contribution >= 0.6 is 0 Å². The van der Waals surface area contributed by atoms with E-state index in [1.165, 1.54) is 45.2 Å². The molecule has 1 amide bonds. The van der Waals surface area contributed by atoms with Crippen LogP contribution < -0.4 is 10.1 Å². The number of likely N-dealkylation sites (tertiary alicyclic amines) is 1. The van der Waals surface area contributed by atoms with Gasteiger partial charge in [0.15, 0.2) is 0 Å². The van der Waals surface area contributed by atoms with E-state index in [1.54, 1.807) is 0 Å². The first-order valence-electron chi connectivity index (χ1n) is 11.2. The van der Waals surface area contributed by atoms with E-state index in [-0.39, 0.29) is 12.2 Å². The molecule has 1 saturated carbocycles. The number of anilines is 1. The molecule has 0 spiro atoms. The van der Waals surface area contributed by atoms with Crippen molar-refractivity contribution in [3.63, 3.8) is 0 Å². The molecule has 0 aromatic heterocycles. The van der Waals surface area contributed by atoms with Crippen molar-refractivity contribution in [2.45, 2.75) is 70.8 Å². The fourth-order valence-corrected chi connectivity index (χ4v) is 4.37. The first kappa shape index (κ1) is 21.0. The number of piperidine rings is 1. The minimum absolute atomic E-state index is 0.00755. The predicted molar refractivity (Wildman–Crippen MR) is 113 cm³/mol. The van der Waals surface area contributed by atoms with Gasteiger partial charge in [0.2, 0.25) is 0 Å². The quantitative estimate of drug-likeness (QED) is 0.630. The van der Waals surface area contributed by atoms with E-state index in [1.807, 2.05) is 24.3 Å². The molecule has 1 aromatic carbocycles. The van der Waals surface area contributed by atoms with Gasteiger partial charge in [-0.3, -0.25) is 5.32 Å². The number of carbonyl (C=O) groups excluding carboxylic acids is 1. The minimum Gasteiger partial charge on any atom is -0.491 e. The maximum Gasteiger partial charge on any atom is 0.412 e. The number of ether oxygens (including phenoxy) is 2. The summed E-state index contributed by atoms with van der Waals surface area (Å²) in [5, 5.41) is 2.91. The highest BCUT2D eigenvalue weighted by Gasteiger charge is 2.29. The summed E-state index contributed by atoms with van der Waals surface area (Å²) in [5.74, 6) is 1.14. The maximum atomic E-state index is 12.7. The molecule has 1 aromatic rings. The van der Waals surface area contributed by atoms with Crippen molar-refractivity contribution in [2.24, 2.45) is 5.92 Å². The van der Waals surface area contributed by atoms with Crippen LogP contribution in [-0.4, -0.2) is 43.3 Å². The van der Waals surface area contributed by atoms with Crippen molar-refractivity contribution >= 4 is 11.8 Å². The SMILES string of the molecule is CCCOc1ccccc1NC(=O)OC1CCCCCC1CN1CCCCC1. The zero-order valence-electron chi connectivity index (χ0n) is 17.3. The van der Waals surface area contributed by atoms with Crippen molar-refractivity contribution < 1.29 is 14.3 Å². The van der Waals surface area contributed by atoms with Gasteiger partial charge in [-0.1, -0.05) is 38.3 Å². The Morgan fingerprint density at radius 3 is 2.64 bits per heavy atom.